The molecule has 1 nitrogen and oxygen atoms in total. The Kier molecular flexibility index (Phi) is 4.83. The van der Waals surface area contributed by atoms with Gasteiger partial charge in [0.2, 0.25) is 0 Å². The Morgan fingerprint density at radius 3 is 2.58 bits per heavy atom. The minimum Gasteiger partial charge on any atom is -0.370 e. The summed E-state index contributed by atoms with van der Waals surface area (Å²) in [6, 6.07) is 12.6. The van der Waals surface area contributed by atoms with Crippen molar-refractivity contribution in [1.29, 1.82) is 0 Å². The van der Waals surface area contributed by atoms with Crippen molar-refractivity contribution in [2.45, 2.75) is 11.9 Å². The zero-order chi connectivity index (χ0) is 13.8. The zero-order valence-corrected chi connectivity index (χ0v) is 12.9. The maximum absolute atomic E-state index is 13.7. The third-order valence-electron chi connectivity index (χ3n) is 2.97. The lowest BCUT2D eigenvalue weighted by Crippen LogP contribution is -2.18. The molecule has 0 heterocycles. The number of hydrogen-bond donors (Lipinski definition) is 0. The van der Waals surface area contributed by atoms with Crippen LogP contribution in [0.5, 0.6) is 0 Å². The third-order valence-corrected chi connectivity index (χ3v) is 3.81. The summed E-state index contributed by atoms with van der Waals surface area (Å²) >= 11 is 9.49. The first-order valence-electron chi connectivity index (χ1n) is 5.90. The van der Waals surface area contributed by atoms with E-state index in [1.165, 1.54) is 6.07 Å². The van der Waals surface area contributed by atoms with Crippen LogP contribution in [-0.2, 0) is 11.9 Å². The van der Waals surface area contributed by atoms with E-state index in [9.17, 15) is 4.39 Å². The Hall–Kier alpha value is -1.06. The van der Waals surface area contributed by atoms with E-state index in [2.05, 4.69) is 15.9 Å². The summed E-state index contributed by atoms with van der Waals surface area (Å²) in [7, 11) is 1.93. The summed E-state index contributed by atoms with van der Waals surface area (Å²) in [5.74, 6) is -0.184. The van der Waals surface area contributed by atoms with Crippen LogP contribution >= 0.6 is 27.5 Å². The molecular weight excluding hydrogens is 329 g/mol. The molecule has 0 aliphatic carbocycles. The lowest BCUT2D eigenvalue weighted by atomic mass is 10.1. The number of benzene rings is 2. The highest BCUT2D eigenvalue weighted by Crippen LogP contribution is 2.27. The van der Waals surface area contributed by atoms with Crippen molar-refractivity contribution < 1.29 is 4.39 Å². The highest BCUT2D eigenvalue weighted by molar-refractivity contribution is 9.08. The summed E-state index contributed by atoms with van der Waals surface area (Å²) in [5.41, 5.74) is 2.81. The maximum atomic E-state index is 13.7. The Bertz CT molecular complexity index is 574. The summed E-state index contributed by atoms with van der Waals surface area (Å²) in [6.45, 7) is 0.507. The molecule has 0 saturated carbocycles. The quantitative estimate of drug-likeness (QED) is 0.706. The van der Waals surface area contributed by atoms with Crippen LogP contribution in [0.1, 0.15) is 11.1 Å². The molecule has 0 atom stereocenters. The Labute approximate surface area is 126 Å². The number of hydrogen-bond acceptors (Lipinski definition) is 1. The van der Waals surface area contributed by atoms with Gasteiger partial charge in [-0.2, -0.15) is 0 Å². The molecule has 0 bridgehead atoms. The summed E-state index contributed by atoms with van der Waals surface area (Å²) in [6.07, 6.45) is 0. The van der Waals surface area contributed by atoms with E-state index in [4.69, 9.17) is 11.6 Å². The minimum atomic E-state index is -0.184. The normalized spacial score (nSPS) is 10.5. The van der Waals surface area contributed by atoms with Gasteiger partial charge in [-0.15, -0.1) is 0 Å². The van der Waals surface area contributed by atoms with E-state index in [-0.39, 0.29) is 5.82 Å². The molecule has 19 heavy (non-hydrogen) atoms. The van der Waals surface area contributed by atoms with E-state index >= 15 is 0 Å². The van der Waals surface area contributed by atoms with E-state index in [0.29, 0.717) is 17.1 Å². The molecule has 2 aromatic rings. The predicted molar refractivity (Wildman–Crippen MR) is 82.6 cm³/mol. The molecule has 0 radical (unpaired) electrons. The molecule has 0 aliphatic heterocycles. The molecule has 4 heteroatoms. The maximum Gasteiger partial charge on any atom is 0.128 e. The van der Waals surface area contributed by atoms with Crippen LogP contribution in [0, 0.1) is 5.82 Å². The third kappa shape index (κ3) is 3.48. The van der Waals surface area contributed by atoms with E-state index in [0.717, 1.165) is 16.6 Å². The molecule has 2 aromatic carbocycles. The number of nitrogens with zero attached hydrogens (tertiary/aromatic N) is 1. The van der Waals surface area contributed by atoms with Crippen LogP contribution in [0.3, 0.4) is 0 Å². The Morgan fingerprint density at radius 1 is 1.16 bits per heavy atom. The monoisotopic (exact) mass is 341 g/mol. The van der Waals surface area contributed by atoms with Crippen molar-refractivity contribution in [2.75, 3.05) is 11.9 Å². The van der Waals surface area contributed by atoms with Crippen LogP contribution in [0.4, 0.5) is 10.1 Å². The molecular formula is C15H14BrClFN. The topological polar surface area (TPSA) is 3.24 Å². The fraction of sp³-hybridized carbons (Fsp3) is 0.200. The first-order valence-corrected chi connectivity index (χ1v) is 7.40. The van der Waals surface area contributed by atoms with E-state index < -0.39 is 0 Å². The molecule has 0 unspecified atom stereocenters. The first-order chi connectivity index (χ1) is 9.11. The summed E-state index contributed by atoms with van der Waals surface area (Å²) < 4.78 is 13.7. The number of alkyl halides is 1. The number of anilines is 1. The lowest BCUT2D eigenvalue weighted by Gasteiger charge is -2.22. The van der Waals surface area contributed by atoms with Gasteiger partial charge in [-0.25, -0.2) is 4.39 Å². The van der Waals surface area contributed by atoms with Crippen molar-refractivity contribution in [1.82, 2.24) is 0 Å². The Balaban J connectivity index is 2.27. The molecule has 0 aromatic heterocycles. The summed E-state index contributed by atoms with van der Waals surface area (Å²) in [4.78, 5) is 2.00. The standard InChI is InChI=1S/C15H14BrClFN/c1-19(10-12-4-2-3-5-14(12)18)15-8-13(17)7-6-11(15)9-16/h2-8H,9-10H2,1H3. The van der Waals surface area contributed by atoms with Gasteiger partial charge < -0.3 is 4.90 Å². The van der Waals surface area contributed by atoms with Crippen LogP contribution in [0.15, 0.2) is 42.5 Å². The van der Waals surface area contributed by atoms with Gasteiger partial charge in [0, 0.05) is 35.2 Å². The molecule has 2 rings (SSSR count). The second kappa shape index (κ2) is 6.40. The number of rotatable bonds is 4. The Morgan fingerprint density at radius 2 is 1.89 bits per heavy atom. The van der Waals surface area contributed by atoms with Crippen molar-refractivity contribution in [3.05, 3.63) is 64.4 Å². The highest BCUT2D eigenvalue weighted by atomic mass is 79.9. The van der Waals surface area contributed by atoms with Crippen molar-refractivity contribution >= 4 is 33.2 Å². The van der Waals surface area contributed by atoms with Gasteiger partial charge in [0.1, 0.15) is 5.82 Å². The molecule has 0 saturated heterocycles. The van der Waals surface area contributed by atoms with Gasteiger partial charge in [-0.3, -0.25) is 0 Å². The van der Waals surface area contributed by atoms with Crippen molar-refractivity contribution in [3.63, 3.8) is 0 Å². The van der Waals surface area contributed by atoms with Crippen LogP contribution in [0.2, 0.25) is 5.02 Å². The predicted octanol–water partition coefficient (Wildman–Crippen LogP) is 5.01. The van der Waals surface area contributed by atoms with Crippen molar-refractivity contribution in [2.24, 2.45) is 0 Å². The van der Waals surface area contributed by atoms with Crippen LogP contribution < -0.4 is 4.90 Å². The number of halogens is 3. The first kappa shape index (κ1) is 14.4. The average molecular weight is 343 g/mol. The molecule has 0 fully saturated rings. The highest BCUT2D eigenvalue weighted by Gasteiger charge is 2.10. The van der Waals surface area contributed by atoms with Gasteiger partial charge >= 0.3 is 0 Å². The fourth-order valence-electron chi connectivity index (χ4n) is 1.97. The molecule has 0 spiro atoms. The molecule has 100 valence electrons. The summed E-state index contributed by atoms with van der Waals surface area (Å²) in [5, 5.41) is 1.42. The van der Waals surface area contributed by atoms with E-state index in [1.807, 2.05) is 36.2 Å². The largest absolute Gasteiger partial charge is 0.370 e. The average Bonchev–Trinajstić information content (AvgIpc) is 2.41. The SMILES string of the molecule is CN(Cc1ccccc1F)c1cc(Cl)ccc1CBr. The fourth-order valence-corrected chi connectivity index (χ4v) is 2.61. The van der Waals surface area contributed by atoms with Gasteiger partial charge in [0.05, 0.1) is 0 Å². The zero-order valence-electron chi connectivity index (χ0n) is 10.5. The van der Waals surface area contributed by atoms with Gasteiger partial charge in [0.15, 0.2) is 0 Å². The minimum absolute atomic E-state index is 0.184. The van der Waals surface area contributed by atoms with Gasteiger partial charge in [-0.05, 0) is 23.8 Å². The molecule has 0 amide bonds. The molecule has 0 aliphatic rings. The second-order valence-electron chi connectivity index (χ2n) is 4.35. The smallest absolute Gasteiger partial charge is 0.128 e. The van der Waals surface area contributed by atoms with Crippen LogP contribution in [-0.4, -0.2) is 7.05 Å². The lowest BCUT2D eigenvalue weighted by molar-refractivity contribution is 0.608. The molecule has 0 N–H and O–H groups in total. The van der Waals surface area contributed by atoms with Gasteiger partial charge in [0.25, 0.3) is 0 Å². The van der Waals surface area contributed by atoms with Crippen molar-refractivity contribution in [3.8, 4) is 0 Å². The van der Waals surface area contributed by atoms with Gasteiger partial charge in [-0.1, -0.05) is 51.8 Å². The second-order valence-corrected chi connectivity index (χ2v) is 5.35. The van der Waals surface area contributed by atoms with E-state index in [1.54, 1.807) is 12.1 Å². The van der Waals surface area contributed by atoms with Crippen LogP contribution in [0.25, 0.3) is 0 Å².